The Hall–Kier alpha value is -2.63. The zero-order valence-electron chi connectivity index (χ0n) is 15.0. The van der Waals surface area contributed by atoms with Crippen molar-refractivity contribution in [3.05, 3.63) is 53.6 Å². The summed E-state index contributed by atoms with van der Waals surface area (Å²) in [7, 11) is 0. The van der Waals surface area contributed by atoms with Crippen LogP contribution in [0.4, 0.5) is 0 Å². The SMILES string of the molecule is CC(=O)NC1CC2(CCN(C(=O)Cc3cnc[nH]3)CC2)c2ccccc21. The summed E-state index contributed by atoms with van der Waals surface area (Å²) in [5.74, 6) is 0.155. The Labute approximate surface area is 153 Å². The van der Waals surface area contributed by atoms with Gasteiger partial charge in [-0.25, -0.2) is 4.98 Å². The Bertz CT molecular complexity index is 807. The fourth-order valence-electron chi connectivity index (χ4n) is 4.58. The van der Waals surface area contributed by atoms with E-state index < -0.39 is 0 Å². The lowest BCUT2D eigenvalue weighted by Gasteiger charge is -2.40. The molecule has 2 aliphatic rings. The molecule has 6 nitrogen and oxygen atoms in total. The Morgan fingerprint density at radius 1 is 1.31 bits per heavy atom. The van der Waals surface area contributed by atoms with Crippen molar-refractivity contribution >= 4 is 11.8 Å². The zero-order chi connectivity index (χ0) is 18.1. The third-order valence-corrected chi connectivity index (χ3v) is 5.85. The Balaban J connectivity index is 1.48. The molecule has 1 atom stereocenters. The lowest BCUT2D eigenvalue weighted by molar-refractivity contribution is -0.132. The van der Waals surface area contributed by atoms with Crippen LogP contribution in [0.5, 0.6) is 0 Å². The van der Waals surface area contributed by atoms with Crippen LogP contribution in [0.15, 0.2) is 36.8 Å². The van der Waals surface area contributed by atoms with Gasteiger partial charge in [-0.1, -0.05) is 24.3 Å². The van der Waals surface area contributed by atoms with Crippen molar-refractivity contribution in [2.75, 3.05) is 13.1 Å². The van der Waals surface area contributed by atoms with Gasteiger partial charge in [0.1, 0.15) is 0 Å². The number of piperidine rings is 1. The van der Waals surface area contributed by atoms with Crippen LogP contribution in [-0.4, -0.2) is 39.8 Å². The molecule has 136 valence electrons. The van der Waals surface area contributed by atoms with Gasteiger partial charge in [-0.3, -0.25) is 9.59 Å². The number of H-pyrrole nitrogens is 1. The van der Waals surface area contributed by atoms with Gasteiger partial charge in [-0.2, -0.15) is 0 Å². The van der Waals surface area contributed by atoms with E-state index in [1.165, 1.54) is 11.1 Å². The number of carbonyl (C=O) groups excluding carboxylic acids is 2. The number of aromatic nitrogens is 2. The molecule has 1 aliphatic heterocycles. The highest BCUT2D eigenvalue weighted by Crippen LogP contribution is 2.50. The van der Waals surface area contributed by atoms with Gasteiger partial charge in [0.25, 0.3) is 0 Å². The van der Waals surface area contributed by atoms with E-state index in [1.54, 1.807) is 19.4 Å². The number of fused-ring (bicyclic) bond motifs is 2. The predicted octanol–water partition coefficient (Wildman–Crippen LogP) is 2.09. The largest absolute Gasteiger partial charge is 0.349 e. The van der Waals surface area contributed by atoms with Crippen LogP contribution in [0.1, 0.15) is 49.0 Å². The molecule has 2 heterocycles. The highest BCUT2D eigenvalue weighted by molar-refractivity contribution is 5.78. The van der Waals surface area contributed by atoms with E-state index in [0.717, 1.165) is 38.0 Å². The van der Waals surface area contributed by atoms with Gasteiger partial charge in [0.05, 0.1) is 18.8 Å². The van der Waals surface area contributed by atoms with Gasteiger partial charge in [-0.15, -0.1) is 0 Å². The summed E-state index contributed by atoms with van der Waals surface area (Å²) < 4.78 is 0. The van der Waals surface area contributed by atoms with E-state index in [-0.39, 0.29) is 23.3 Å². The highest BCUT2D eigenvalue weighted by Gasteiger charge is 2.46. The number of hydrogen-bond acceptors (Lipinski definition) is 3. The molecule has 1 unspecified atom stereocenters. The van der Waals surface area contributed by atoms with Crippen molar-refractivity contribution in [1.29, 1.82) is 0 Å². The third-order valence-electron chi connectivity index (χ3n) is 5.85. The molecular weight excluding hydrogens is 328 g/mol. The smallest absolute Gasteiger partial charge is 0.228 e. The van der Waals surface area contributed by atoms with Crippen molar-refractivity contribution in [2.45, 2.75) is 44.1 Å². The van der Waals surface area contributed by atoms with Crippen LogP contribution in [0.3, 0.4) is 0 Å². The second-order valence-electron chi connectivity index (χ2n) is 7.46. The van der Waals surface area contributed by atoms with Gasteiger partial charge < -0.3 is 15.2 Å². The second-order valence-corrected chi connectivity index (χ2v) is 7.46. The first-order valence-electron chi connectivity index (χ1n) is 9.19. The molecule has 1 fully saturated rings. The predicted molar refractivity (Wildman–Crippen MR) is 97.4 cm³/mol. The van der Waals surface area contributed by atoms with Crippen LogP contribution in [0.25, 0.3) is 0 Å². The van der Waals surface area contributed by atoms with Crippen molar-refractivity contribution in [3.63, 3.8) is 0 Å². The van der Waals surface area contributed by atoms with E-state index in [2.05, 4.69) is 33.5 Å². The number of nitrogens with one attached hydrogen (secondary N) is 2. The number of nitrogens with zero attached hydrogens (tertiary/aromatic N) is 2. The molecule has 2 amide bonds. The lowest BCUT2D eigenvalue weighted by atomic mass is 9.73. The van der Waals surface area contributed by atoms with Gasteiger partial charge in [-0.05, 0) is 30.4 Å². The first kappa shape index (κ1) is 16.8. The number of imidazole rings is 1. The average Bonchev–Trinajstić information content (AvgIpc) is 3.23. The first-order chi connectivity index (χ1) is 12.6. The average molecular weight is 352 g/mol. The molecule has 0 saturated carbocycles. The monoisotopic (exact) mass is 352 g/mol. The number of likely N-dealkylation sites (tertiary alicyclic amines) is 1. The summed E-state index contributed by atoms with van der Waals surface area (Å²) in [6.07, 6.45) is 6.48. The fraction of sp³-hybridized carbons (Fsp3) is 0.450. The van der Waals surface area contributed by atoms with Crippen LogP contribution in [-0.2, 0) is 21.4 Å². The van der Waals surface area contributed by atoms with Gasteiger partial charge in [0.2, 0.25) is 11.8 Å². The molecule has 1 aromatic carbocycles. The summed E-state index contributed by atoms with van der Waals surface area (Å²) in [6, 6.07) is 8.51. The minimum atomic E-state index is 0.00836. The zero-order valence-corrected chi connectivity index (χ0v) is 15.0. The Morgan fingerprint density at radius 3 is 2.77 bits per heavy atom. The fourth-order valence-corrected chi connectivity index (χ4v) is 4.58. The molecule has 26 heavy (non-hydrogen) atoms. The summed E-state index contributed by atoms with van der Waals surface area (Å²) in [4.78, 5) is 33.1. The van der Waals surface area contributed by atoms with Crippen LogP contribution < -0.4 is 5.32 Å². The molecule has 1 aliphatic carbocycles. The van der Waals surface area contributed by atoms with Gasteiger partial charge in [0.15, 0.2) is 0 Å². The minimum absolute atomic E-state index is 0.00836. The Morgan fingerprint density at radius 2 is 2.08 bits per heavy atom. The van der Waals surface area contributed by atoms with E-state index in [1.807, 2.05) is 11.0 Å². The van der Waals surface area contributed by atoms with E-state index >= 15 is 0 Å². The van der Waals surface area contributed by atoms with E-state index in [4.69, 9.17) is 0 Å². The standard InChI is InChI=1S/C20H24N4O2/c1-14(25)23-18-11-20(17-5-3-2-4-16(17)18)6-8-24(9-7-20)19(26)10-15-12-21-13-22-15/h2-5,12-13,18H,6-11H2,1H3,(H,21,22)(H,23,25). The molecule has 6 heteroatoms. The van der Waals surface area contributed by atoms with Crippen molar-refractivity contribution in [3.8, 4) is 0 Å². The lowest BCUT2D eigenvalue weighted by Crippen LogP contribution is -2.45. The molecular formula is C20H24N4O2. The van der Waals surface area contributed by atoms with Crippen LogP contribution in [0.2, 0.25) is 0 Å². The number of hydrogen-bond donors (Lipinski definition) is 2. The topological polar surface area (TPSA) is 78.1 Å². The van der Waals surface area contributed by atoms with Crippen molar-refractivity contribution < 1.29 is 9.59 Å². The maximum absolute atomic E-state index is 12.5. The van der Waals surface area contributed by atoms with E-state index in [0.29, 0.717) is 6.42 Å². The Kier molecular flexibility index (Phi) is 4.26. The number of rotatable bonds is 3. The maximum Gasteiger partial charge on any atom is 0.228 e. The summed E-state index contributed by atoms with van der Waals surface area (Å²) in [6.45, 7) is 3.09. The number of carbonyl (C=O) groups is 2. The summed E-state index contributed by atoms with van der Waals surface area (Å²) >= 11 is 0. The number of amides is 2. The summed E-state index contributed by atoms with van der Waals surface area (Å²) in [5, 5.41) is 3.10. The minimum Gasteiger partial charge on any atom is -0.349 e. The van der Waals surface area contributed by atoms with E-state index in [9.17, 15) is 9.59 Å². The quantitative estimate of drug-likeness (QED) is 0.888. The summed E-state index contributed by atoms with van der Waals surface area (Å²) in [5.41, 5.74) is 3.50. The highest BCUT2D eigenvalue weighted by atomic mass is 16.2. The van der Waals surface area contributed by atoms with Crippen molar-refractivity contribution in [2.24, 2.45) is 0 Å². The van der Waals surface area contributed by atoms with Gasteiger partial charge >= 0.3 is 0 Å². The molecule has 2 aromatic rings. The molecule has 0 radical (unpaired) electrons. The van der Waals surface area contributed by atoms with Gasteiger partial charge in [0, 0.05) is 37.3 Å². The third kappa shape index (κ3) is 3.00. The molecule has 0 bridgehead atoms. The van der Waals surface area contributed by atoms with Crippen LogP contribution in [0, 0.1) is 0 Å². The second kappa shape index (κ2) is 6.59. The van der Waals surface area contributed by atoms with Crippen molar-refractivity contribution in [1.82, 2.24) is 20.2 Å². The molecule has 2 N–H and O–H groups in total. The maximum atomic E-state index is 12.5. The van der Waals surface area contributed by atoms with Crippen LogP contribution >= 0.6 is 0 Å². The normalized spacial score (nSPS) is 20.8. The number of benzene rings is 1. The molecule has 1 saturated heterocycles. The molecule has 1 spiro atoms. The number of aromatic amines is 1. The first-order valence-corrected chi connectivity index (χ1v) is 9.19. The molecule has 1 aromatic heterocycles. The molecule has 4 rings (SSSR count).